The first kappa shape index (κ1) is 10.9. The molecule has 1 aromatic carbocycles. The van der Waals surface area contributed by atoms with E-state index in [4.69, 9.17) is 0 Å². The molecule has 0 radical (unpaired) electrons. The fourth-order valence-corrected chi connectivity index (χ4v) is 1.09. The summed E-state index contributed by atoms with van der Waals surface area (Å²) in [5, 5.41) is 0. The number of carbonyl (C=O) groups is 2. The van der Waals surface area contributed by atoms with Gasteiger partial charge in [0.25, 0.3) is 0 Å². The van der Waals surface area contributed by atoms with Crippen molar-refractivity contribution in [3.63, 3.8) is 0 Å². The summed E-state index contributed by atoms with van der Waals surface area (Å²) in [6.45, 7) is 0. The zero-order valence-electron chi connectivity index (χ0n) is 6.84. The van der Waals surface area contributed by atoms with Crippen molar-refractivity contribution in [2.24, 2.45) is 0 Å². The minimum absolute atomic E-state index is 0.219. The maximum absolute atomic E-state index is 11.0. The standard InChI is InChI=1S/C8H6O4S2/c9-7(11-13)5-2-1-3-6(4-5)8(10)12-14/h1-4,13-14H. The molecule has 0 saturated heterocycles. The molecule has 74 valence electrons. The lowest BCUT2D eigenvalue weighted by molar-refractivity contribution is 0.0771. The van der Waals surface area contributed by atoms with Gasteiger partial charge in [0.2, 0.25) is 0 Å². The molecule has 6 heteroatoms. The first-order chi connectivity index (χ1) is 6.69. The van der Waals surface area contributed by atoms with E-state index in [1.807, 2.05) is 0 Å². The van der Waals surface area contributed by atoms with Crippen molar-refractivity contribution < 1.29 is 18.0 Å². The molecule has 14 heavy (non-hydrogen) atoms. The van der Waals surface area contributed by atoms with E-state index < -0.39 is 11.9 Å². The molecule has 0 atom stereocenters. The Morgan fingerprint density at radius 1 is 1.00 bits per heavy atom. The summed E-state index contributed by atoms with van der Waals surface area (Å²) in [7, 11) is 0. The van der Waals surface area contributed by atoms with Gasteiger partial charge in [0.05, 0.1) is 11.1 Å². The molecule has 0 saturated carbocycles. The largest absolute Gasteiger partial charge is 0.391 e. The molecule has 0 aliphatic carbocycles. The Kier molecular flexibility index (Phi) is 3.84. The molecule has 4 nitrogen and oxygen atoms in total. The zero-order valence-corrected chi connectivity index (χ0v) is 8.63. The van der Waals surface area contributed by atoms with Crippen molar-refractivity contribution in [3.8, 4) is 0 Å². The molecule has 0 heterocycles. The average molecular weight is 230 g/mol. The lowest BCUT2D eigenvalue weighted by atomic mass is 10.1. The summed E-state index contributed by atoms with van der Waals surface area (Å²) < 4.78 is 8.38. The Hall–Kier alpha value is -1.14. The third-order valence-electron chi connectivity index (χ3n) is 1.50. The molecular weight excluding hydrogens is 224 g/mol. The van der Waals surface area contributed by atoms with Crippen LogP contribution in [0.4, 0.5) is 0 Å². The fourth-order valence-electron chi connectivity index (χ4n) is 0.879. The lowest BCUT2D eigenvalue weighted by Gasteiger charge is -2.00. The molecule has 1 rings (SSSR count). The summed E-state index contributed by atoms with van der Waals surface area (Å²) in [5.41, 5.74) is 0.437. The number of thiol groups is 2. The second-order valence-electron chi connectivity index (χ2n) is 2.34. The van der Waals surface area contributed by atoms with E-state index in [1.54, 1.807) is 0 Å². The van der Waals surface area contributed by atoms with Crippen LogP contribution in [0.2, 0.25) is 0 Å². The number of benzene rings is 1. The van der Waals surface area contributed by atoms with Crippen LogP contribution in [-0.2, 0) is 8.37 Å². The van der Waals surface area contributed by atoms with E-state index in [0.717, 1.165) is 0 Å². The van der Waals surface area contributed by atoms with Crippen molar-refractivity contribution in [2.75, 3.05) is 0 Å². The van der Waals surface area contributed by atoms with Crippen LogP contribution in [0, 0.1) is 0 Å². The van der Waals surface area contributed by atoms with Gasteiger partial charge in [-0.2, -0.15) is 0 Å². The molecule has 0 fully saturated rings. The number of carbonyl (C=O) groups excluding carboxylic acids is 2. The topological polar surface area (TPSA) is 52.6 Å². The highest BCUT2D eigenvalue weighted by molar-refractivity contribution is 7.75. The summed E-state index contributed by atoms with van der Waals surface area (Å²) in [6.07, 6.45) is 0. The van der Waals surface area contributed by atoms with Crippen LogP contribution in [0.3, 0.4) is 0 Å². The Morgan fingerprint density at radius 3 is 1.79 bits per heavy atom. The SMILES string of the molecule is O=C(OS)c1cccc(C(=O)OS)c1. The molecule has 0 amide bonds. The Balaban J connectivity index is 3.01. The highest BCUT2D eigenvalue weighted by Crippen LogP contribution is 2.09. The molecule has 0 aromatic heterocycles. The van der Waals surface area contributed by atoms with Crippen molar-refractivity contribution in [3.05, 3.63) is 35.4 Å². The molecule has 0 aliphatic heterocycles. The second kappa shape index (κ2) is 4.92. The Bertz CT molecular complexity index is 333. The molecule has 0 bridgehead atoms. The average Bonchev–Trinajstić information content (AvgIpc) is 2.27. The maximum atomic E-state index is 11.0. The molecular formula is C8H6O4S2. The second-order valence-corrected chi connectivity index (χ2v) is 2.70. The van der Waals surface area contributed by atoms with Crippen LogP contribution in [-0.4, -0.2) is 11.9 Å². The quantitative estimate of drug-likeness (QED) is 0.599. The van der Waals surface area contributed by atoms with Gasteiger partial charge in [0.1, 0.15) is 0 Å². The Morgan fingerprint density at radius 2 is 1.43 bits per heavy atom. The maximum Gasteiger partial charge on any atom is 0.349 e. The van der Waals surface area contributed by atoms with Gasteiger partial charge < -0.3 is 8.37 Å². The third-order valence-corrected chi connectivity index (χ3v) is 1.83. The summed E-state index contributed by atoms with van der Waals surface area (Å²) >= 11 is 6.71. The zero-order chi connectivity index (χ0) is 10.6. The fraction of sp³-hybridized carbons (Fsp3) is 0. The predicted octanol–water partition coefficient (Wildman–Crippen LogP) is 1.69. The molecule has 0 spiro atoms. The van der Waals surface area contributed by atoms with Gasteiger partial charge in [-0.05, 0) is 18.2 Å². The van der Waals surface area contributed by atoms with Gasteiger partial charge in [-0.1, -0.05) is 6.07 Å². The molecule has 0 aliphatic rings. The minimum Gasteiger partial charge on any atom is -0.391 e. The number of hydrogen-bond acceptors (Lipinski definition) is 6. The van der Waals surface area contributed by atoms with Crippen molar-refractivity contribution in [1.29, 1.82) is 0 Å². The smallest absolute Gasteiger partial charge is 0.349 e. The number of rotatable bonds is 2. The molecule has 1 aromatic rings. The monoisotopic (exact) mass is 230 g/mol. The van der Waals surface area contributed by atoms with E-state index in [0.29, 0.717) is 0 Å². The van der Waals surface area contributed by atoms with Crippen LogP contribution in [0.1, 0.15) is 20.7 Å². The van der Waals surface area contributed by atoms with Gasteiger partial charge >= 0.3 is 11.9 Å². The van der Waals surface area contributed by atoms with E-state index in [-0.39, 0.29) is 11.1 Å². The highest BCUT2D eigenvalue weighted by atomic mass is 32.1. The summed E-state index contributed by atoms with van der Waals surface area (Å²) in [5.74, 6) is -1.27. The van der Waals surface area contributed by atoms with Gasteiger partial charge in [-0.25, -0.2) is 9.59 Å². The first-order valence-electron chi connectivity index (χ1n) is 3.50. The van der Waals surface area contributed by atoms with E-state index in [2.05, 4.69) is 34.2 Å². The first-order valence-corrected chi connectivity index (χ1v) is 4.23. The van der Waals surface area contributed by atoms with Crippen LogP contribution in [0.25, 0.3) is 0 Å². The number of hydrogen-bond donors (Lipinski definition) is 2. The van der Waals surface area contributed by atoms with Crippen molar-refractivity contribution in [1.82, 2.24) is 0 Å². The highest BCUT2D eigenvalue weighted by Gasteiger charge is 2.10. The van der Waals surface area contributed by atoms with E-state index >= 15 is 0 Å². The van der Waals surface area contributed by atoms with Gasteiger partial charge in [0, 0.05) is 25.8 Å². The minimum atomic E-state index is -0.637. The summed E-state index contributed by atoms with van der Waals surface area (Å²) in [4.78, 5) is 22.0. The molecule has 0 unspecified atom stereocenters. The van der Waals surface area contributed by atoms with Crippen LogP contribution in [0.5, 0.6) is 0 Å². The van der Waals surface area contributed by atoms with Crippen LogP contribution >= 0.6 is 25.8 Å². The van der Waals surface area contributed by atoms with Crippen LogP contribution in [0.15, 0.2) is 24.3 Å². The molecule has 0 N–H and O–H groups in total. The van der Waals surface area contributed by atoms with Crippen LogP contribution < -0.4 is 0 Å². The van der Waals surface area contributed by atoms with Gasteiger partial charge in [0.15, 0.2) is 0 Å². The van der Waals surface area contributed by atoms with E-state index in [9.17, 15) is 9.59 Å². The lowest BCUT2D eigenvalue weighted by Crippen LogP contribution is -2.03. The third kappa shape index (κ3) is 2.43. The van der Waals surface area contributed by atoms with Crippen molar-refractivity contribution >= 4 is 37.8 Å². The van der Waals surface area contributed by atoms with Gasteiger partial charge in [-0.3, -0.25) is 0 Å². The van der Waals surface area contributed by atoms with Crippen molar-refractivity contribution in [2.45, 2.75) is 0 Å². The predicted molar refractivity (Wildman–Crippen MR) is 55.2 cm³/mol. The normalized spacial score (nSPS) is 9.29. The Labute approximate surface area is 91.4 Å². The summed E-state index contributed by atoms with van der Waals surface area (Å²) in [6, 6.07) is 5.85. The van der Waals surface area contributed by atoms with Gasteiger partial charge in [-0.15, -0.1) is 0 Å². The van der Waals surface area contributed by atoms with E-state index in [1.165, 1.54) is 24.3 Å².